The summed E-state index contributed by atoms with van der Waals surface area (Å²) in [5.74, 6) is -5.26. The number of carbonyl (C=O) groups is 7. The van der Waals surface area contributed by atoms with Gasteiger partial charge in [0, 0.05) is 16.0 Å². The molecule has 17 heteroatoms. The molecule has 3 amide bonds. The van der Waals surface area contributed by atoms with Gasteiger partial charge >= 0.3 is 23.9 Å². The molecule has 6 rings (SSSR count). The van der Waals surface area contributed by atoms with E-state index in [2.05, 4.69) is 0 Å². The molecule has 0 aliphatic carbocycles. The van der Waals surface area contributed by atoms with E-state index in [9.17, 15) is 33.6 Å². The molecule has 2 aromatic carbocycles. The van der Waals surface area contributed by atoms with Crippen LogP contribution in [0.3, 0.4) is 0 Å². The van der Waals surface area contributed by atoms with Crippen molar-refractivity contribution in [2.45, 2.75) is 23.5 Å². The fourth-order valence-corrected chi connectivity index (χ4v) is 11.5. The topological polar surface area (TPSA) is 172 Å². The summed E-state index contributed by atoms with van der Waals surface area (Å²) >= 11 is 2.42. The lowest BCUT2D eigenvalue weighted by Gasteiger charge is -2.51. The number of imide groups is 1. The second-order valence-electron chi connectivity index (χ2n) is 11.9. The average Bonchev–Trinajstić information content (AvgIpc) is 3.65. The fourth-order valence-electron chi connectivity index (χ4n) is 6.46. The first kappa shape index (κ1) is 36.8. The zero-order valence-corrected chi connectivity index (χ0v) is 31.2. The lowest BCUT2D eigenvalue weighted by Crippen LogP contribution is -2.56. The monoisotopic (exact) mass is 766 g/mol. The van der Waals surface area contributed by atoms with E-state index in [1.54, 1.807) is 44.2 Å². The summed E-state index contributed by atoms with van der Waals surface area (Å²) in [6.45, 7) is 2.75. The summed E-state index contributed by atoms with van der Waals surface area (Å²) in [6.07, 6.45) is 0. The van der Waals surface area contributed by atoms with E-state index in [0.717, 1.165) is 68.6 Å². The zero-order valence-electron chi connectivity index (χ0n) is 28.8. The van der Waals surface area contributed by atoms with Gasteiger partial charge in [-0.2, -0.15) is 0 Å². The van der Waals surface area contributed by atoms with Crippen molar-refractivity contribution in [3.05, 3.63) is 84.3 Å². The number of methoxy groups -OCH3 is 5. The van der Waals surface area contributed by atoms with Crippen molar-refractivity contribution >= 4 is 88.1 Å². The van der Waals surface area contributed by atoms with Crippen molar-refractivity contribution < 1.29 is 57.2 Å². The molecule has 0 radical (unpaired) electrons. The number of nitrogens with zero attached hydrogens (tertiary/aromatic N) is 2. The zero-order chi connectivity index (χ0) is 37.9. The van der Waals surface area contributed by atoms with E-state index in [4.69, 9.17) is 23.7 Å². The number of esters is 4. The molecule has 0 unspecified atom stereocenters. The van der Waals surface area contributed by atoms with Crippen LogP contribution in [0.1, 0.15) is 40.1 Å². The molecule has 0 bridgehead atoms. The van der Waals surface area contributed by atoms with Crippen LogP contribution >= 0.6 is 35.3 Å². The molecule has 0 atom stereocenters. The highest BCUT2D eigenvalue weighted by molar-refractivity contribution is 8.26. The molecule has 4 heterocycles. The molecule has 52 heavy (non-hydrogen) atoms. The van der Waals surface area contributed by atoms with E-state index in [1.807, 2.05) is 0 Å². The Morgan fingerprint density at radius 1 is 0.692 bits per heavy atom. The van der Waals surface area contributed by atoms with Gasteiger partial charge in [0.05, 0.1) is 63.5 Å². The predicted octanol–water partition coefficient (Wildman–Crippen LogP) is 3.91. The van der Waals surface area contributed by atoms with Crippen LogP contribution in [0.4, 0.5) is 5.69 Å². The molecular weight excluding hydrogens is 737 g/mol. The van der Waals surface area contributed by atoms with Gasteiger partial charge in [0.15, 0.2) is 0 Å². The minimum absolute atomic E-state index is 0.173. The van der Waals surface area contributed by atoms with Gasteiger partial charge < -0.3 is 28.6 Å². The Labute approximate surface area is 309 Å². The predicted molar refractivity (Wildman–Crippen MR) is 191 cm³/mol. The Balaban J connectivity index is 1.61. The molecule has 0 aromatic heterocycles. The van der Waals surface area contributed by atoms with Gasteiger partial charge in [-0.25, -0.2) is 19.2 Å². The molecule has 0 saturated heterocycles. The van der Waals surface area contributed by atoms with Gasteiger partial charge in [-0.1, -0.05) is 47.4 Å². The number of fused-ring (bicyclic) bond motifs is 4. The maximum atomic E-state index is 14.6. The summed E-state index contributed by atoms with van der Waals surface area (Å²) in [5.41, 5.74) is -0.340. The highest BCUT2D eigenvalue weighted by atomic mass is 32.2. The lowest BCUT2D eigenvalue weighted by molar-refractivity contribution is -0.138. The molecule has 0 saturated carbocycles. The Morgan fingerprint density at radius 3 is 1.71 bits per heavy atom. The average molecular weight is 767 g/mol. The van der Waals surface area contributed by atoms with Crippen LogP contribution in [0.2, 0.25) is 0 Å². The van der Waals surface area contributed by atoms with Gasteiger partial charge in [0.25, 0.3) is 11.8 Å². The third-order valence-corrected chi connectivity index (χ3v) is 13.4. The van der Waals surface area contributed by atoms with Crippen LogP contribution in [-0.2, 0) is 42.9 Å². The first-order chi connectivity index (χ1) is 24.7. The van der Waals surface area contributed by atoms with E-state index in [0.29, 0.717) is 21.8 Å². The Kier molecular flexibility index (Phi) is 9.56. The molecule has 4 aliphatic rings. The van der Waals surface area contributed by atoms with Crippen molar-refractivity contribution in [2.75, 3.05) is 47.0 Å². The van der Waals surface area contributed by atoms with Crippen molar-refractivity contribution in [1.29, 1.82) is 0 Å². The Morgan fingerprint density at radius 2 is 1.21 bits per heavy atom. The van der Waals surface area contributed by atoms with E-state index in [1.165, 1.54) is 24.1 Å². The number of anilines is 1. The third-order valence-electron chi connectivity index (χ3n) is 8.77. The number of ether oxygens (including phenoxy) is 5. The molecule has 270 valence electrons. The van der Waals surface area contributed by atoms with E-state index < -0.39 is 57.8 Å². The number of amides is 3. The largest absolute Gasteiger partial charge is 0.497 e. The first-order valence-electron chi connectivity index (χ1n) is 15.3. The molecule has 4 aliphatic heterocycles. The van der Waals surface area contributed by atoms with Gasteiger partial charge in [-0.15, -0.1) is 0 Å². The second-order valence-corrected chi connectivity index (χ2v) is 15.6. The maximum absolute atomic E-state index is 14.6. The van der Waals surface area contributed by atoms with Gasteiger partial charge in [-0.05, 0) is 44.2 Å². The van der Waals surface area contributed by atoms with Crippen LogP contribution in [0, 0.1) is 0 Å². The molecule has 2 aromatic rings. The normalized spacial score (nSPS) is 18.2. The summed E-state index contributed by atoms with van der Waals surface area (Å²) < 4.78 is 24.2. The minimum atomic E-state index is -1.81. The number of thioether (sulfide) groups is 3. The van der Waals surface area contributed by atoms with Crippen molar-refractivity contribution in [1.82, 2.24) is 4.90 Å². The highest BCUT2D eigenvalue weighted by Gasteiger charge is 2.62. The summed E-state index contributed by atoms with van der Waals surface area (Å²) in [6, 6.07) is 11.1. The van der Waals surface area contributed by atoms with Crippen LogP contribution in [0.15, 0.2) is 67.7 Å². The third kappa shape index (κ3) is 5.40. The van der Waals surface area contributed by atoms with Gasteiger partial charge in [0.1, 0.15) is 31.1 Å². The van der Waals surface area contributed by atoms with Crippen LogP contribution in [0.5, 0.6) is 5.75 Å². The molecule has 0 N–H and O–H groups in total. The number of rotatable bonds is 7. The fraction of sp³-hybridized carbons (Fsp3) is 0.286. The standard InChI is InChI=1S/C35H30N2O12S3/c1-34(2)27-22(35(23(30(41)46-4)24(50-27)31(42)47-5)51-25(32(43)48-6)26(52-35)33(44)49-7)19-14-16(45-3)12-13-20(19)37(34)21(38)15-36-28(39)17-10-8-9-11-18(17)29(36)40/h8-14H,15H2,1-7H3. The highest BCUT2D eigenvalue weighted by Crippen LogP contribution is 2.71. The van der Waals surface area contributed by atoms with E-state index in [-0.39, 0.29) is 37.1 Å². The SMILES string of the molecule is COC(=O)C1=C(C(=O)OC)SC2(S1)C(C(=O)OC)=C(C(=O)OC)SC1=C2c2cc(OC)ccc2N(C(=O)CN2C(=O)c3ccccc3C2=O)C1(C)C. The second kappa shape index (κ2) is 13.5. The maximum Gasteiger partial charge on any atom is 0.345 e. The summed E-state index contributed by atoms with van der Waals surface area (Å²) in [7, 11) is 5.92. The van der Waals surface area contributed by atoms with Crippen LogP contribution < -0.4 is 9.64 Å². The van der Waals surface area contributed by atoms with E-state index >= 15 is 0 Å². The van der Waals surface area contributed by atoms with Gasteiger partial charge in [0.2, 0.25) is 5.91 Å². The van der Waals surface area contributed by atoms with Crippen molar-refractivity contribution in [3.8, 4) is 5.75 Å². The summed E-state index contributed by atoms with van der Waals surface area (Å²) in [4.78, 5) is 97.2. The number of hydrogen-bond donors (Lipinski definition) is 0. The summed E-state index contributed by atoms with van der Waals surface area (Å²) in [5, 5.41) is 0. The molecule has 0 fully saturated rings. The quantitative estimate of drug-likeness (QED) is 0.226. The Hall–Kier alpha value is -5.00. The number of hydrogen-bond acceptors (Lipinski definition) is 15. The minimum Gasteiger partial charge on any atom is -0.497 e. The van der Waals surface area contributed by atoms with Crippen molar-refractivity contribution in [2.24, 2.45) is 0 Å². The molecular formula is C35H30N2O12S3. The first-order valence-corrected chi connectivity index (χ1v) is 17.8. The number of benzene rings is 2. The van der Waals surface area contributed by atoms with Crippen LogP contribution in [-0.4, -0.2) is 98.2 Å². The Bertz CT molecular complexity index is 2050. The smallest absolute Gasteiger partial charge is 0.345 e. The molecule has 14 nitrogen and oxygen atoms in total. The number of carbonyl (C=O) groups excluding carboxylic acids is 7. The van der Waals surface area contributed by atoms with Crippen LogP contribution in [0.25, 0.3) is 5.57 Å². The lowest BCUT2D eigenvalue weighted by atomic mass is 9.83. The van der Waals surface area contributed by atoms with Gasteiger partial charge in [-0.3, -0.25) is 19.3 Å². The van der Waals surface area contributed by atoms with Crippen molar-refractivity contribution in [3.63, 3.8) is 0 Å². The molecule has 1 spiro atoms.